The van der Waals surface area contributed by atoms with E-state index in [4.69, 9.17) is 10.6 Å². The van der Waals surface area contributed by atoms with Crippen LogP contribution in [0.2, 0.25) is 0 Å². The maximum atomic E-state index is 10.9. The standard InChI is InChI=1S/C9H15N5O3/c1-3-4-6(2)17-9-7(14(15)16)8(13-10)11-5-12-9/h5-6H,3-4,10H2,1-2H3,(H,11,12,13). The molecule has 0 spiro atoms. The molecule has 3 N–H and O–H groups in total. The Morgan fingerprint density at radius 1 is 1.65 bits per heavy atom. The van der Waals surface area contributed by atoms with Crippen LogP contribution in [-0.4, -0.2) is 21.0 Å². The average molecular weight is 241 g/mol. The molecule has 0 saturated heterocycles. The lowest BCUT2D eigenvalue weighted by atomic mass is 10.2. The molecular weight excluding hydrogens is 226 g/mol. The molecule has 94 valence electrons. The van der Waals surface area contributed by atoms with Crippen LogP contribution in [0, 0.1) is 10.1 Å². The minimum Gasteiger partial charge on any atom is -0.470 e. The number of aromatic nitrogens is 2. The zero-order valence-electron chi connectivity index (χ0n) is 9.71. The van der Waals surface area contributed by atoms with E-state index in [1.165, 1.54) is 0 Å². The van der Waals surface area contributed by atoms with Crippen LogP contribution in [0.15, 0.2) is 6.33 Å². The van der Waals surface area contributed by atoms with E-state index < -0.39 is 4.92 Å². The van der Waals surface area contributed by atoms with E-state index in [0.29, 0.717) is 0 Å². The number of hydrogen-bond donors (Lipinski definition) is 2. The molecule has 1 heterocycles. The molecule has 0 aliphatic rings. The van der Waals surface area contributed by atoms with Gasteiger partial charge in [-0.1, -0.05) is 13.3 Å². The van der Waals surface area contributed by atoms with Crippen molar-refractivity contribution in [1.29, 1.82) is 0 Å². The van der Waals surface area contributed by atoms with Crippen molar-refractivity contribution in [2.45, 2.75) is 32.8 Å². The summed E-state index contributed by atoms with van der Waals surface area (Å²) in [5.74, 6) is 5.01. The number of anilines is 1. The van der Waals surface area contributed by atoms with Gasteiger partial charge in [-0.15, -0.1) is 0 Å². The Morgan fingerprint density at radius 3 is 2.88 bits per heavy atom. The molecule has 1 aromatic rings. The Balaban J connectivity index is 3.02. The first-order valence-corrected chi connectivity index (χ1v) is 5.22. The van der Waals surface area contributed by atoms with Crippen LogP contribution in [-0.2, 0) is 0 Å². The predicted octanol–water partition coefficient (Wildman–Crippen LogP) is 1.24. The van der Waals surface area contributed by atoms with E-state index in [9.17, 15) is 10.1 Å². The largest absolute Gasteiger partial charge is 0.470 e. The monoisotopic (exact) mass is 241 g/mol. The van der Waals surface area contributed by atoms with Gasteiger partial charge in [0.05, 0.1) is 11.0 Å². The SMILES string of the molecule is CCCC(C)Oc1ncnc(NN)c1[N+](=O)[O-]. The molecule has 1 aromatic heterocycles. The summed E-state index contributed by atoms with van der Waals surface area (Å²) >= 11 is 0. The number of hydrogen-bond acceptors (Lipinski definition) is 7. The van der Waals surface area contributed by atoms with E-state index >= 15 is 0 Å². The van der Waals surface area contributed by atoms with Crippen molar-refractivity contribution in [2.24, 2.45) is 5.84 Å². The van der Waals surface area contributed by atoms with Gasteiger partial charge >= 0.3 is 5.69 Å². The Morgan fingerprint density at radius 2 is 2.35 bits per heavy atom. The van der Waals surface area contributed by atoms with Gasteiger partial charge in [0.25, 0.3) is 5.88 Å². The van der Waals surface area contributed by atoms with Gasteiger partial charge < -0.3 is 10.2 Å². The highest BCUT2D eigenvalue weighted by Gasteiger charge is 2.25. The fraction of sp³-hybridized carbons (Fsp3) is 0.556. The lowest BCUT2D eigenvalue weighted by Crippen LogP contribution is -2.16. The summed E-state index contributed by atoms with van der Waals surface area (Å²) in [6.07, 6.45) is 2.71. The van der Waals surface area contributed by atoms with Crippen LogP contribution in [0.5, 0.6) is 5.88 Å². The van der Waals surface area contributed by atoms with Crippen molar-refractivity contribution < 1.29 is 9.66 Å². The summed E-state index contributed by atoms with van der Waals surface area (Å²) in [6, 6.07) is 0. The lowest BCUT2D eigenvalue weighted by molar-refractivity contribution is -0.385. The Labute approximate surface area is 98.3 Å². The number of nitrogen functional groups attached to an aromatic ring is 1. The van der Waals surface area contributed by atoms with E-state index in [1.54, 1.807) is 0 Å². The molecule has 0 saturated carbocycles. The summed E-state index contributed by atoms with van der Waals surface area (Å²) in [5.41, 5.74) is 1.80. The van der Waals surface area contributed by atoms with Crippen LogP contribution in [0.25, 0.3) is 0 Å². The van der Waals surface area contributed by atoms with Gasteiger partial charge in [-0.05, 0) is 13.3 Å². The Hall–Kier alpha value is -1.96. The topological polar surface area (TPSA) is 116 Å². The summed E-state index contributed by atoms with van der Waals surface area (Å²) in [7, 11) is 0. The molecule has 0 radical (unpaired) electrons. The first kappa shape index (κ1) is 13.1. The molecule has 0 amide bonds. The van der Waals surface area contributed by atoms with Gasteiger partial charge in [-0.2, -0.15) is 4.98 Å². The molecule has 1 unspecified atom stereocenters. The number of ether oxygens (including phenoxy) is 1. The summed E-state index contributed by atoms with van der Waals surface area (Å²) in [5, 5.41) is 10.9. The summed E-state index contributed by atoms with van der Waals surface area (Å²) in [6.45, 7) is 3.83. The van der Waals surface area contributed by atoms with Crippen LogP contribution in [0.4, 0.5) is 11.5 Å². The number of nitrogens with two attached hydrogens (primary N) is 1. The minimum absolute atomic E-state index is 0.0660. The van der Waals surface area contributed by atoms with Gasteiger partial charge in [0, 0.05) is 0 Å². The number of nitro groups is 1. The smallest absolute Gasteiger partial charge is 0.374 e. The molecular formula is C9H15N5O3. The third kappa shape index (κ3) is 3.25. The normalized spacial score (nSPS) is 11.9. The third-order valence-corrected chi connectivity index (χ3v) is 2.12. The van der Waals surface area contributed by atoms with E-state index in [0.717, 1.165) is 19.2 Å². The molecule has 1 rings (SSSR count). The first-order valence-electron chi connectivity index (χ1n) is 5.22. The van der Waals surface area contributed by atoms with Crippen molar-refractivity contribution in [2.75, 3.05) is 5.43 Å². The summed E-state index contributed by atoms with van der Waals surface area (Å²) in [4.78, 5) is 17.7. The number of nitrogens with one attached hydrogen (secondary N) is 1. The van der Waals surface area contributed by atoms with Gasteiger partial charge in [0.2, 0.25) is 5.82 Å². The predicted molar refractivity (Wildman–Crippen MR) is 61.5 cm³/mol. The third-order valence-electron chi connectivity index (χ3n) is 2.12. The van der Waals surface area contributed by atoms with Crippen molar-refractivity contribution >= 4 is 11.5 Å². The van der Waals surface area contributed by atoms with Crippen LogP contribution < -0.4 is 16.0 Å². The Bertz CT molecular complexity index is 398. The molecule has 17 heavy (non-hydrogen) atoms. The van der Waals surface area contributed by atoms with Gasteiger partial charge in [0.15, 0.2) is 0 Å². The fourth-order valence-electron chi connectivity index (χ4n) is 1.38. The highest BCUT2D eigenvalue weighted by atomic mass is 16.6. The Kier molecular flexibility index (Phi) is 4.58. The van der Waals surface area contributed by atoms with E-state index in [-0.39, 0.29) is 23.5 Å². The molecule has 0 bridgehead atoms. The highest BCUT2D eigenvalue weighted by molar-refractivity contribution is 5.60. The van der Waals surface area contributed by atoms with Crippen molar-refractivity contribution in [3.05, 3.63) is 16.4 Å². The maximum absolute atomic E-state index is 10.9. The molecule has 0 aliphatic heterocycles. The van der Waals surface area contributed by atoms with Gasteiger partial charge in [0.1, 0.15) is 6.33 Å². The second kappa shape index (κ2) is 5.94. The zero-order chi connectivity index (χ0) is 12.8. The summed E-state index contributed by atoms with van der Waals surface area (Å²) < 4.78 is 5.40. The van der Waals surface area contributed by atoms with Crippen LogP contribution >= 0.6 is 0 Å². The van der Waals surface area contributed by atoms with Crippen molar-refractivity contribution in [1.82, 2.24) is 9.97 Å². The quantitative estimate of drug-likeness (QED) is 0.437. The number of nitrogens with zero attached hydrogens (tertiary/aromatic N) is 3. The first-order chi connectivity index (χ1) is 8.10. The van der Waals surface area contributed by atoms with Crippen molar-refractivity contribution in [3.8, 4) is 5.88 Å². The van der Waals surface area contributed by atoms with E-state index in [2.05, 4.69) is 15.4 Å². The molecule has 0 aromatic carbocycles. The second-order valence-electron chi connectivity index (χ2n) is 3.49. The van der Waals surface area contributed by atoms with Gasteiger partial charge in [-0.25, -0.2) is 10.8 Å². The maximum Gasteiger partial charge on any atom is 0.374 e. The highest BCUT2D eigenvalue weighted by Crippen LogP contribution is 2.30. The molecule has 8 heteroatoms. The van der Waals surface area contributed by atoms with E-state index in [1.807, 2.05) is 13.8 Å². The van der Waals surface area contributed by atoms with Crippen LogP contribution in [0.3, 0.4) is 0 Å². The van der Waals surface area contributed by atoms with Crippen molar-refractivity contribution in [3.63, 3.8) is 0 Å². The molecule has 1 atom stereocenters. The van der Waals surface area contributed by atoms with Gasteiger partial charge in [-0.3, -0.25) is 10.1 Å². The second-order valence-corrected chi connectivity index (χ2v) is 3.49. The lowest BCUT2D eigenvalue weighted by Gasteiger charge is -2.13. The van der Waals surface area contributed by atoms with Crippen LogP contribution in [0.1, 0.15) is 26.7 Å². The number of rotatable bonds is 6. The fourth-order valence-corrected chi connectivity index (χ4v) is 1.38. The minimum atomic E-state index is -0.622. The average Bonchev–Trinajstić information content (AvgIpc) is 2.28. The molecule has 0 aliphatic carbocycles. The molecule has 8 nitrogen and oxygen atoms in total. The zero-order valence-corrected chi connectivity index (χ0v) is 9.71. The molecule has 0 fully saturated rings. The number of hydrazine groups is 1.